The van der Waals surface area contributed by atoms with E-state index in [0.29, 0.717) is 0 Å². The van der Waals surface area contributed by atoms with Crippen molar-refractivity contribution < 1.29 is 9.18 Å². The molecule has 0 fully saturated rings. The maximum atomic E-state index is 12.8. The first-order valence-corrected chi connectivity index (χ1v) is 4.59. The standard InChI is InChI=1S/C8H4Cl3FO/c9-3-7(13)5-1-4(12)2-6(10)8(5)11/h1-2H,3H2. The molecular formula is C8H4Cl3FO. The minimum absolute atomic E-state index is 0.00938. The number of alkyl halides is 1. The first kappa shape index (κ1) is 10.8. The summed E-state index contributed by atoms with van der Waals surface area (Å²) in [6, 6.07) is 2.05. The van der Waals surface area contributed by atoms with E-state index in [1.165, 1.54) is 0 Å². The molecule has 0 bridgehead atoms. The predicted octanol–water partition coefficient (Wildman–Crippen LogP) is 3.55. The third kappa shape index (κ3) is 2.33. The Morgan fingerprint density at radius 3 is 2.54 bits per heavy atom. The highest BCUT2D eigenvalue weighted by molar-refractivity contribution is 6.44. The van der Waals surface area contributed by atoms with Crippen LogP contribution in [-0.2, 0) is 0 Å². The van der Waals surface area contributed by atoms with Crippen molar-refractivity contribution in [3.8, 4) is 0 Å². The third-order valence-electron chi connectivity index (χ3n) is 1.41. The molecular weight excluding hydrogens is 237 g/mol. The monoisotopic (exact) mass is 240 g/mol. The zero-order valence-electron chi connectivity index (χ0n) is 6.28. The van der Waals surface area contributed by atoms with Crippen LogP contribution in [0, 0.1) is 5.82 Å². The Balaban J connectivity index is 3.28. The molecule has 0 aliphatic heterocycles. The van der Waals surface area contributed by atoms with Crippen LogP contribution in [0.2, 0.25) is 10.0 Å². The van der Waals surface area contributed by atoms with E-state index in [2.05, 4.69) is 0 Å². The number of benzene rings is 1. The molecule has 0 amide bonds. The van der Waals surface area contributed by atoms with Crippen LogP contribution < -0.4 is 0 Å². The summed E-state index contributed by atoms with van der Waals surface area (Å²) in [7, 11) is 0. The fourth-order valence-electron chi connectivity index (χ4n) is 0.831. The van der Waals surface area contributed by atoms with E-state index in [1.807, 2.05) is 0 Å². The Hall–Kier alpha value is -0.310. The zero-order chi connectivity index (χ0) is 10.0. The lowest BCUT2D eigenvalue weighted by Gasteiger charge is -2.02. The molecule has 0 radical (unpaired) electrons. The quantitative estimate of drug-likeness (QED) is 0.440. The highest BCUT2D eigenvalue weighted by Gasteiger charge is 2.13. The molecule has 0 heterocycles. The van der Waals surface area contributed by atoms with Gasteiger partial charge in [-0.1, -0.05) is 23.2 Å². The summed E-state index contributed by atoms with van der Waals surface area (Å²) in [5.74, 6) is -1.31. The Bertz CT molecular complexity index is 351. The second kappa shape index (κ2) is 4.27. The van der Waals surface area contributed by atoms with Crippen LogP contribution in [0.4, 0.5) is 4.39 Å². The molecule has 0 N–H and O–H groups in total. The van der Waals surface area contributed by atoms with Crippen molar-refractivity contribution >= 4 is 40.6 Å². The van der Waals surface area contributed by atoms with Gasteiger partial charge in [0, 0.05) is 5.56 Å². The van der Waals surface area contributed by atoms with Crippen LogP contribution in [0.5, 0.6) is 0 Å². The van der Waals surface area contributed by atoms with Crippen molar-refractivity contribution in [3.63, 3.8) is 0 Å². The number of hydrogen-bond donors (Lipinski definition) is 0. The van der Waals surface area contributed by atoms with Gasteiger partial charge >= 0.3 is 0 Å². The number of rotatable bonds is 2. The summed E-state index contributed by atoms with van der Waals surface area (Å²) < 4.78 is 12.8. The topological polar surface area (TPSA) is 17.1 Å². The van der Waals surface area contributed by atoms with Gasteiger partial charge in [-0.05, 0) is 12.1 Å². The number of carbonyl (C=O) groups excluding carboxylic acids is 1. The maximum absolute atomic E-state index is 12.8. The minimum atomic E-state index is -0.608. The van der Waals surface area contributed by atoms with Crippen LogP contribution in [0.3, 0.4) is 0 Å². The van der Waals surface area contributed by atoms with E-state index in [0.717, 1.165) is 12.1 Å². The van der Waals surface area contributed by atoms with Crippen LogP contribution in [0.15, 0.2) is 12.1 Å². The van der Waals surface area contributed by atoms with E-state index in [9.17, 15) is 9.18 Å². The highest BCUT2D eigenvalue weighted by atomic mass is 35.5. The normalized spacial score (nSPS) is 10.2. The third-order valence-corrected chi connectivity index (χ3v) is 2.46. The van der Waals surface area contributed by atoms with E-state index < -0.39 is 11.6 Å². The molecule has 0 unspecified atom stereocenters. The molecule has 1 aromatic carbocycles. The zero-order valence-corrected chi connectivity index (χ0v) is 8.55. The summed E-state index contributed by atoms with van der Waals surface area (Å²) in [6.45, 7) is 0. The number of halogens is 4. The molecule has 0 aliphatic rings. The second-order valence-corrected chi connectivity index (χ2v) is 3.36. The minimum Gasteiger partial charge on any atom is -0.293 e. The van der Waals surface area contributed by atoms with Crippen LogP contribution in [0.25, 0.3) is 0 Å². The number of carbonyl (C=O) groups is 1. The van der Waals surface area contributed by atoms with Crippen LogP contribution >= 0.6 is 34.8 Å². The first-order valence-electron chi connectivity index (χ1n) is 3.30. The van der Waals surface area contributed by atoms with E-state index in [-0.39, 0.29) is 21.5 Å². The number of hydrogen-bond acceptors (Lipinski definition) is 1. The van der Waals surface area contributed by atoms with Crippen molar-refractivity contribution in [1.82, 2.24) is 0 Å². The highest BCUT2D eigenvalue weighted by Crippen LogP contribution is 2.27. The fraction of sp³-hybridized carbons (Fsp3) is 0.125. The largest absolute Gasteiger partial charge is 0.293 e. The van der Waals surface area contributed by atoms with Gasteiger partial charge in [0.2, 0.25) is 0 Å². The van der Waals surface area contributed by atoms with E-state index in [4.69, 9.17) is 34.8 Å². The summed E-state index contributed by atoms with van der Waals surface area (Å²) in [5, 5.41) is 0.0452. The van der Waals surface area contributed by atoms with Gasteiger partial charge in [0.1, 0.15) is 5.82 Å². The Kier molecular flexibility index (Phi) is 3.54. The Morgan fingerprint density at radius 1 is 1.38 bits per heavy atom. The second-order valence-electron chi connectivity index (χ2n) is 2.31. The lowest BCUT2D eigenvalue weighted by Crippen LogP contribution is -2.02. The number of ketones is 1. The molecule has 1 nitrogen and oxygen atoms in total. The summed E-state index contributed by atoms with van der Waals surface area (Å²) >= 11 is 16.5. The van der Waals surface area contributed by atoms with Gasteiger partial charge in [-0.2, -0.15) is 0 Å². The molecule has 70 valence electrons. The lowest BCUT2D eigenvalue weighted by atomic mass is 10.1. The van der Waals surface area contributed by atoms with Gasteiger partial charge < -0.3 is 0 Å². The molecule has 5 heteroatoms. The van der Waals surface area contributed by atoms with Gasteiger partial charge in [0.15, 0.2) is 5.78 Å². The molecule has 0 aromatic heterocycles. The SMILES string of the molecule is O=C(CCl)c1cc(F)cc(Cl)c1Cl. The summed E-state index contributed by atoms with van der Waals surface area (Å²) in [5.41, 5.74) is 0.0154. The van der Waals surface area contributed by atoms with Crippen molar-refractivity contribution in [2.24, 2.45) is 0 Å². The van der Waals surface area contributed by atoms with Crippen LogP contribution in [0.1, 0.15) is 10.4 Å². The molecule has 13 heavy (non-hydrogen) atoms. The van der Waals surface area contributed by atoms with Gasteiger partial charge in [-0.15, -0.1) is 11.6 Å². The summed E-state index contributed by atoms with van der Waals surface area (Å²) in [6.07, 6.45) is 0. The van der Waals surface area contributed by atoms with Gasteiger partial charge in [-0.25, -0.2) is 4.39 Å². The smallest absolute Gasteiger partial charge is 0.179 e. The average Bonchev–Trinajstić information content (AvgIpc) is 2.10. The molecule has 0 atom stereocenters. The first-order chi connectivity index (χ1) is 6.06. The molecule has 1 rings (SSSR count). The van der Waals surface area contributed by atoms with Crippen molar-refractivity contribution in [3.05, 3.63) is 33.6 Å². The van der Waals surface area contributed by atoms with Crippen LogP contribution in [-0.4, -0.2) is 11.7 Å². The van der Waals surface area contributed by atoms with Gasteiger partial charge in [0.25, 0.3) is 0 Å². The van der Waals surface area contributed by atoms with Gasteiger partial charge in [-0.3, -0.25) is 4.79 Å². The Labute approximate surface area is 89.4 Å². The Morgan fingerprint density at radius 2 is 2.00 bits per heavy atom. The number of Topliss-reactive ketones (excluding diaryl/α,β-unsaturated/α-hetero) is 1. The average molecular weight is 241 g/mol. The van der Waals surface area contributed by atoms with Gasteiger partial charge in [0.05, 0.1) is 15.9 Å². The fourth-order valence-corrected chi connectivity index (χ4v) is 1.40. The van der Waals surface area contributed by atoms with Crippen molar-refractivity contribution in [2.45, 2.75) is 0 Å². The molecule has 0 saturated carbocycles. The molecule has 1 aromatic rings. The van der Waals surface area contributed by atoms with E-state index in [1.54, 1.807) is 0 Å². The lowest BCUT2D eigenvalue weighted by molar-refractivity contribution is 0.102. The summed E-state index contributed by atoms with van der Waals surface area (Å²) in [4.78, 5) is 11.1. The predicted molar refractivity (Wildman–Crippen MR) is 51.5 cm³/mol. The molecule has 0 saturated heterocycles. The van der Waals surface area contributed by atoms with Crippen molar-refractivity contribution in [1.29, 1.82) is 0 Å². The molecule has 0 spiro atoms. The molecule has 0 aliphatic carbocycles. The van der Waals surface area contributed by atoms with E-state index >= 15 is 0 Å². The van der Waals surface area contributed by atoms with Crippen molar-refractivity contribution in [2.75, 3.05) is 5.88 Å². The maximum Gasteiger partial charge on any atom is 0.179 e.